The Bertz CT molecular complexity index is 502. The zero-order valence-electron chi connectivity index (χ0n) is 14.2. The Kier molecular flexibility index (Phi) is 12.7. The molecule has 0 saturated heterocycles. The van der Waals surface area contributed by atoms with Gasteiger partial charge in [-0.3, -0.25) is 0 Å². The van der Waals surface area contributed by atoms with Crippen molar-refractivity contribution in [3.05, 3.63) is 23.8 Å². The quantitative estimate of drug-likeness (QED) is 0.449. The predicted octanol–water partition coefficient (Wildman–Crippen LogP) is 2.10. The lowest BCUT2D eigenvalue weighted by Crippen LogP contribution is -2.11. The molecule has 8 heteroatoms. The minimum atomic E-state index is -1.21. The molecule has 3 N–H and O–H groups in total. The number of hydrogen-bond donors (Lipinski definition) is 3. The van der Waals surface area contributed by atoms with Crippen molar-refractivity contribution in [3.8, 4) is 0 Å². The van der Waals surface area contributed by atoms with Gasteiger partial charge in [0, 0.05) is 23.8 Å². The van der Waals surface area contributed by atoms with Gasteiger partial charge in [0.05, 0.1) is 6.10 Å². The normalized spacial score (nSPS) is 12.3. The van der Waals surface area contributed by atoms with Gasteiger partial charge in [0.15, 0.2) is 0 Å². The summed E-state index contributed by atoms with van der Waals surface area (Å²) in [6, 6.07) is 0. The van der Waals surface area contributed by atoms with Gasteiger partial charge in [0.25, 0.3) is 0 Å². The van der Waals surface area contributed by atoms with Gasteiger partial charge >= 0.3 is 23.9 Å². The van der Waals surface area contributed by atoms with Crippen LogP contribution in [0.15, 0.2) is 23.8 Å². The summed E-state index contributed by atoms with van der Waals surface area (Å²) in [6.45, 7) is 7.02. The highest BCUT2D eigenvalue weighted by Crippen LogP contribution is 2.16. The third kappa shape index (κ3) is 14.3. The number of rotatable bonds is 8. The van der Waals surface area contributed by atoms with Crippen LogP contribution >= 0.6 is 0 Å². The van der Waals surface area contributed by atoms with Gasteiger partial charge < -0.3 is 20.1 Å². The molecule has 136 valence electrons. The van der Waals surface area contributed by atoms with E-state index in [1.54, 1.807) is 20.8 Å². The topological polar surface area (TPSA) is 138 Å². The fourth-order valence-electron chi connectivity index (χ4n) is 1.55. The van der Waals surface area contributed by atoms with Crippen LogP contribution < -0.4 is 0 Å². The van der Waals surface area contributed by atoms with Crippen molar-refractivity contribution < 1.29 is 39.2 Å². The Labute approximate surface area is 140 Å². The maximum Gasteiger partial charge on any atom is 0.332 e. The van der Waals surface area contributed by atoms with Crippen molar-refractivity contribution in [1.82, 2.24) is 0 Å². The van der Waals surface area contributed by atoms with E-state index in [1.165, 1.54) is 0 Å². The zero-order chi connectivity index (χ0) is 19.3. The maximum atomic E-state index is 10.6. The monoisotopic (exact) mass is 344 g/mol. The molecule has 0 aromatic carbocycles. The smallest absolute Gasteiger partial charge is 0.332 e. The second-order valence-electron chi connectivity index (χ2n) is 5.09. The summed E-state index contributed by atoms with van der Waals surface area (Å²) < 4.78 is 4.61. The molecule has 0 aromatic heterocycles. The van der Waals surface area contributed by atoms with Crippen LogP contribution in [-0.4, -0.2) is 45.3 Å². The van der Waals surface area contributed by atoms with Crippen molar-refractivity contribution in [2.45, 2.75) is 46.6 Å². The van der Waals surface area contributed by atoms with E-state index in [0.717, 1.165) is 24.6 Å². The van der Waals surface area contributed by atoms with Crippen LogP contribution in [-0.2, 0) is 23.9 Å². The molecule has 0 fully saturated rings. The summed E-state index contributed by atoms with van der Waals surface area (Å²) in [5, 5.41) is 25.2. The Morgan fingerprint density at radius 1 is 0.958 bits per heavy atom. The molecule has 0 heterocycles. The van der Waals surface area contributed by atoms with Gasteiger partial charge in [0.2, 0.25) is 0 Å². The molecule has 24 heavy (non-hydrogen) atoms. The molecule has 0 bridgehead atoms. The van der Waals surface area contributed by atoms with Crippen LogP contribution in [0.5, 0.6) is 0 Å². The molecule has 0 radical (unpaired) electrons. The first-order chi connectivity index (χ1) is 11.0. The zero-order valence-corrected chi connectivity index (χ0v) is 14.2. The summed E-state index contributed by atoms with van der Waals surface area (Å²) >= 11 is 0. The van der Waals surface area contributed by atoms with Crippen molar-refractivity contribution in [3.63, 3.8) is 0 Å². The Morgan fingerprint density at radius 3 is 1.83 bits per heavy atom. The molecule has 0 aliphatic carbocycles. The summed E-state index contributed by atoms with van der Waals surface area (Å²) in [5.74, 6) is -4.37. The van der Waals surface area contributed by atoms with Crippen LogP contribution in [0.1, 0.15) is 40.5 Å². The first-order valence-corrected chi connectivity index (χ1v) is 7.30. The molecule has 0 saturated carbocycles. The van der Waals surface area contributed by atoms with E-state index < -0.39 is 23.9 Å². The molecule has 1 atom stereocenters. The fourth-order valence-corrected chi connectivity index (χ4v) is 1.55. The van der Waals surface area contributed by atoms with Gasteiger partial charge in [-0.05, 0) is 26.2 Å². The van der Waals surface area contributed by atoms with Crippen molar-refractivity contribution in [2.24, 2.45) is 5.92 Å². The predicted molar refractivity (Wildman–Crippen MR) is 85.4 cm³/mol. The molecule has 8 nitrogen and oxygen atoms in total. The third-order valence-corrected chi connectivity index (χ3v) is 2.49. The Hall–Kier alpha value is -2.64. The van der Waals surface area contributed by atoms with Gasteiger partial charge in [-0.25, -0.2) is 19.2 Å². The molecule has 0 amide bonds. The largest absolute Gasteiger partial charge is 0.478 e. The molecule has 0 rings (SSSR count). The lowest BCUT2D eigenvalue weighted by atomic mass is 9.96. The van der Waals surface area contributed by atoms with Gasteiger partial charge in [-0.15, -0.1) is 0 Å². The van der Waals surface area contributed by atoms with E-state index in [0.29, 0.717) is 6.42 Å². The van der Waals surface area contributed by atoms with Gasteiger partial charge in [-0.1, -0.05) is 20.3 Å². The first-order valence-electron chi connectivity index (χ1n) is 7.30. The molecule has 0 aliphatic rings. The average molecular weight is 344 g/mol. The number of carbonyl (C=O) groups excluding carboxylic acids is 1. The van der Waals surface area contributed by atoms with Crippen LogP contribution in [0.4, 0.5) is 0 Å². The standard InChI is InChI=1S/C9H14O4.C7H10O4/c1-3-4-6(2)7(9(12)13)5-8(10)11;1-5(2)11-7(10)4-3-6(8)9/h5-6H,3-4H2,1-2H3,(H,10,11)(H,12,13);3-5H,1-2H3,(H,8,9)/b7-5+;4-3+. The number of carboxylic acid groups (broad SMARTS) is 3. The van der Waals surface area contributed by atoms with Crippen molar-refractivity contribution in [1.29, 1.82) is 0 Å². The lowest BCUT2D eigenvalue weighted by Gasteiger charge is -2.09. The molecular weight excluding hydrogens is 320 g/mol. The van der Waals surface area contributed by atoms with E-state index in [2.05, 4.69) is 4.74 Å². The van der Waals surface area contributed by atoms with Crippen LogP contribution in [0.25, 0.3) is 0 Å². The SMILES string of the molecule is CC(C)OC(=O)/C=C/C(=O)O.CCCC(C)/C(=C\C(=O)O)C(=O)O. The highest BCUT2D eigenvalue weighted by atomic mass is 16.5. The summed E-state index contributed by atoms with van der Waals surface area (Å²) in [5.41, 5.74) is -0.0330. The number of hydrogen-bond acceptors (Lipinski definition) is 5. The Morgan fingerprint density at radius 2 is 1.50 bits per heavy atom. The average Bonchev–Trinajstić information content (AvgIpc) is 2.42. The first kappa shape index (κ1) is 23.6. The highest BCUT2D eigenvalue weighted by molar-refractivity contribution is 5.95. The number of ether oxygens (including phenoxy) is 1. The number of carbonyl (C=O) groups is 4. The van der Waals surface area contributed by atoms with Crippen LogP contribution in [0.2, 0.25) is 0 Å². The van der Waals surface area contributed by atoms with E-state index in [-0.39, 0.29) is 17.6 Å². The second-order valence-corrected chi connectivity index (χ2v) is 5.09. The van der Waals surface area contributed by atoms with Crippen molar-refractivity contribution in [2.75, 3.05) is 0 Å². The number of aliphatic carboxylic acids is 3. The summed E-state index contributed by atoms with van der Waals surface area (Å²) in [7, 11) is 0. The molecule has 0 aromatic rings. The minimum Gasteiger partial charge on any atom is -0.478 e. The second kappa shape index (κ2) is 12.9. The van der Waals surface area contributed by atoms with Crippen LogP contribution in [0.3, 0.4) is 0 Å². The molecular formula is C16H24O8. The highest BCUT2D eigenvalue weighted by Gasteiger charge is 2.16. The molecule has 0 spiro atoms. The van der Waals surface area contributed by atoms with E-state index in [9.17, 15) is 19.2 Å². The fraction of sp³-hybridized carbons (Fsp3) is 0.500. The van der Waals surface area contributed by atoms with E-state index in [4.69, 9.17) is 15.3 Å². The number of carboxylic acids is 3. The lowest BCUT2D eigenvalue weighted by molar-refractivity contribution is -0.142. The van der Waals surface area contributed by atoms with Gasteiger partial charge in [0.1, 0.15) is 0 Å². The minimum absolute atomic E-state index is 0.0330. The summed E-state index contributed by atoms with van der Waals surface area (Å²) in [4.78, 5) is 41.4. The maximum absolute atomic E-state index is 10.6. The number of esters is 1. The molecule has 0 aliphatic heterocycles. The van der Waals surface area contributed by atoms with Crippen LogP contribution in [0, 0.1) is 5.92 Å². The molecule has 1 unspecified atom stereocenters. The summed E-state index contributed by atoms with van der Waals surface area (Å²) in [6.07, 6.45) is 3.69. The van der Waals surface area contributed by atoms with Crippen molar-refractivity contribution >= 4 is 23.9 Å². The van der Waals surface area contributed by atoms with E-state index in [1.807, 2.05) is 6.92 Å². The Balaban J connectivity index is 0. The third-order valence-electron chi connectivity index (χ3n) is 2.49. The van der Waals surface area contributed by atoms with E-state index >= 15 is 0 Å². The van der Waals surface area contributed by atoms with Gasteiger partial charge in [-0.2, -0.15) is 0 Å².